The number of anilines is 2. The average molecular weight is 562 g/mol. The van der Waals surface area contributed by atoms with Gasteiger partial charge < -0.3 is 19.2 Å². The van der Waals surface area contributed by atoms with Crippen molar-refractivity contribution in [1.82, 2.24) is 9.88 Å². The molecule has 1 aliphatic carbocycles. The molecule has 1 aromatic heterocycles. The smallest absolute Gasteiger partial charge is 0.330 e. The highest BCUT2D eigenvalue weighted by Gasteiger charge is 2.49. The summed E-state index contributed by atoms with van der Waals surface area (Å²) in [6.07, 6.45) is 2.22. The van der Waals surface area contributed by atoms with E-state index in [1.165, 1.54) is 24.1 Å². The molecule has 8 nitrogen and oxygen atoms in total. The number of nitrogens with one attached hydrogen (secondary N) is 1. The first-order valence-corrected chi connectivity index (χ1v) is 13.5. The lowest BCUT2D eigenvalue weighted by atomic mass is 9.87. The number of Topliss-reactive ketones (excluding diaryl/α,β-unsaturated/α-hetero) is 1. The van der Waals surface area contributed by atoms with Gasteiger partial charge in [-0.1, -0.05) is 29.8 Å². The summed E-state index contributed by atoms with van der Waals surface area (Å²) in [6.45, 7) is 0.723. The van der Waals surface area contributed by atoms with Crippen molar-refractivity contribution in [2.75, 3.05) is 25.5 Å². The topological polar surface area (TPSA) is 93.9 Å². The number of esters is 1. The fraction of sp³-hybridized carbons (Fsp3) is 0.464. The van der Waals surface area contributed by atoms with Gasteiger partial charge in [0.1, 0.15) is 5.52 Å². The van der Waals surface area contributed by atoms with Gasteiger partial charge in [0.2, 0.25) is 5.78 Å². The van der Waals surface area contributed by atoms with Gasteiger partial charge in [0.15, 0.2) is 11.4 Å². The van der Waals surface area contributed by atoms with Crippen LogP contribution in [0.4, 0.5) is 20.5 Å². The summed E-state index contributed by atoms with van der Waals surface area (Å²) in [5, 5.41) is 3.35. The third-order valence-electron chi connectivity index (χ3n) is 7.43. The number of para-hydroxylation sites is 1. The lowest BCUT2D eigenvalue weighted by Gasteiger charge is -2.37. The second kappa shape index (κ2) is 11.6. The van der Waals surface area contributed by atoms with Crippen LogP contribution in [0.2, 0.25) is 5.02 Å². The Balaban J connectivity index is 1.33. The number of fused-ring (bicyclic) bond motifs is 1. The Kier molecular flexibility index (Phi) is 8.16. The molecule has 2 aromatic carbocycles. The van der Waals surface area contributed by atoms with Crippen LogP contribution in [-0.4, -0.2) is 53.9 Å². The number of aromatic nitrogens is 1. The third kappa shape index (κ3) is 5.78. The van der Waals surface area contributed by atoms with Crippen LogP contribution in [-0.2, 0) is 25.5 Å². The van der Waals surface area contributed by atoms with Gasteiger partial charge in [0, 0.05) is 19.5 Å². The molecule has 1 aliphatic heterocycles. The fourth-order valence-corrected chi connectivity index (χ4v) is 5.46. The standard InChI is InChI=1S/C28H30ClF2N3O5/c1-37-26(36)17-8-11-19(12-9-17)39-28(31,34-14-4-5-15-34)23(35)16-18-10-13-22-25(24(18)30)38-27(33-22)32-21-7-3-2-6-20(21)29/h2-3,6-7,10,13,17,19H,4-5,8-9,11-12,14-16H2,1H3,(H,32,33). The molecule has 5 rings (SSSR count). The number of likely N-dealkylation sites (tertiary alicyclic amines) is 1. The molecule has 0 bridgehead atoms. The molecule has 0 amide bonds. The molecule has 1 atom stereocenters. The highest BCUT2D eigenvalue weighted by Crippen LogP contribution is 2.35. The number of hydrogen-bond acceptors (Lipinski definition) is 8. The Morgan fingerprint density at radius 3 is 2.56 bits per heavy atom. The Hall–Kier alpha value is -3.08. The van der Waals surface area contributed by atoms with Gasteiger partial charge in [0.05, 0.1) is 29.8 Å². The van der Waals surface area contributed by atoms with Gasteiger partial charge in [-0.3, -0.25) is 9.59 Å². The first-order chi connectivity index (χ1) is 18.8. The number of carbonyl (C=O) groups is 2. The number of hydrogen-bond donors (Lipinski definition) is 1. The van der Waals surface area contributed by atoms with Crippen molar-refractivity contribution < 1.29 is 32.3 Å². The van der Waals surface area contributed by atoms with E-state index in [1.54, 1.807) is 24.3 Å². The predicted octanol–water partition coefficient (Wildman–Crippen LogP) is 5.94. The number of carbonyl (C=O) groups excluding carboxylic acids is 2. The minimum Gasteiger partial charge on any atom is -0.469 e. The van der Waals surface area contributed by atoms with Crippen LogP contribution in [0.5, 0.6) is 0 Å². The predicted molar refractivity (Wildman–Crippen MR) is 141 cm³/mol. The molecule has 1 unspecified atom stereocenters. The monoisotopic (exact) mass is 561 g/mol. The van der Waals surface area contributed by atoms with Crippen LogP contribution in [0.15, 0.2) is 40.8 Å². The summed E-state index contributed by atoms with van der Waals surface area (Å²) < 4.78 is 48.2. The Bertz CT molecular complexity index is 1350. The molecule has 11 heteroatoms. The average Bonchev–Trinajstić information content (AvgIpc) is 3.63. The highest BCUT2D eigenvalue weighted by molar-refractivity contribution is 6.33. The number of rotatable bonds is 9. The quantitative estimate of drug-likeness (QED) is 0.253. The molecule has 1 N–H and O–H groups in total. The van der Waals surface area contributed by atoms with Crippen LogP contribution in [0, 0.1) is 11.7 Å². The summed E-state index contributed by atoms with van der Waals surface area (Å²) in [4.78, 5) is 30.9. The van der Waals surface area contributed by atoms with E-state index in [0.717, 1.165) is 12.8 Å². The summed E-state index contributed by atoms with van der Waals surface area (Å²) in [5.74, 6) is -4.92. The summed E-state index contributed by atoms with van der Waals surface area (Å²) in [6, 6.07) is 9.91. The molecule has 3 aromatic rings. The van der Waals surface area contributed by atoms with E-state index < -0.39 is 30.1 Å². The van der Waals surface area contributed by atoms with Crippen molar-refractivity contribution in [2.24, 2.45) is 5.92 Å². The van der Waals surface area contributed by atoms with E-state index in [0.29, 0.717) is 49.5 Å². The van der Waals surface area contributed by atoms with E-state index in [4.69, 9.17) is 25.5 Å². The minimum absolute atomic E-state index is 0.0211. The van der Waals surface area contributed by atoms with Gasteiger partial charge in [-0.25, -0.2) is 9.29 Å². The van der Waals surface area contributed by atoms with Crippen molar-refractivity contribution in [1.29, 1.82) is 0 Å². The first kappa shape index (κ1) is 27.5. The van der Waals surface area contributed by atoms with Crippen molar-refractivity contribution in [2.45, 2.75) is 57.0 Å². The van der Waals surface area contributed by atoms with Crippen LogP contribution in [0.3, 0.4) is 0 Å². The third-order valence-corrected chi connectivity index (χ3v) is 7.76. The number of ether oxygens (including phenoxy) is 2. The maximum Gasteiger partial charge on any atom is 0.330 e. The zero-order valence-corrected chi connectivity index (χ0v) is 22.3. The van der Waals surface area contributed by atoms with E-state index in [9.17, 15) is 9.59 Å². The normalized spacial score (nSPS) is 21.5. The van der Waals surface area contributed by atoms with Crippen LogP contribution in [0.25, 0.3) is 11.1 Å². The Labute approximate surface area is 229 Å². The SMILES string of the molecule is COC(=O)C1CCC(OC(F)(C(=O)Cc2ccc3nc(Nc4ccccc4Cl)oc3c2F)N2CCCC2)CC1. The molecule has 0 radical (unpaired) electrons. The van der Waals surface area contributed by atoms with Crippen molar-refractivity contribution in [3.05, 3.63) is 52.8 Å². The maximum atomic E-state index is 16.5. The van der Waals surface area contributed by atoms with E-state index in [1.807, 2.05) is 0 Å². The molecule has 208 valence electrons. The van der Waals surface area contributed by atoms with Gasteiger partial charge in [0.25, 0.3) is 6.01 Å². The van der Waals surface area contributed by atoms with E-state index >= 15 is 8.78 Å². The zero-order valence-electron chi connectivity index (χ0n) is 21.6. The number of oxazole rings is 1. The number of benzene rings is 2. The molecule has 0 spiro atoms. The van der Waals surface area contributed by atoms with Crippen LogP contribution in [0.1, 0.15) is 44.1 Å². The number of halogens is 3. The second-order valence-corrected chi connectivity index (χ2v) is 10.4. The lowest BCUT2D eigenvalue weighted by Crippen LogP contribution is -2.54. The number of methoxy groups -OCH3 is 1. The molecule has 1 saturated carbocycles. The molecular weight excluding hydrogens is 532 g/mol. The van der Waals surface area contributed by atoms with Gasteiger partial charge in [-0.2, -0.15) is 9.37 Å². The molecule has 39 heavy (non-hydrogen) atoms. The number of nitrogens with zero attached hydrogens (tertiary/aromatic N) is 2. The van der Waals surface area contributed by atoms with Crippen LogP contribution < -0.4 is 5.32 Å². The number of ketones is 1. The summed E-state index contributed by atoms with van der Waals surface area (Å²) in [5.41, 5.74) is 0.602. The van der Waals surface area contributed by atoms with E-state index in [2.05, 4.69) is 10.3 Å². The molecule has 2 aliphatic rings. The molecule has 2 heterocycles. The van der Waals surface area contributed by atoms with Gasteiger partial charge in [-0.05, 0) is 62.3 Å². The van der Waals surface area contributed by atoms with Crippen LogP contribution >= 0.6 is 11.6 Å². The first-order valence-electron chi connectivity index (χ1n) is 13.1. The molecular formula is C28H30ClF2N3O5. The van der Waals surface area contributed by atoms with Crippen molar-refractivity contribution in [3.8, 4) is 0 Å². The Morgan fingerprint density at radius 1 is 1.15 bits per heavy atom. The molecule has 1 saturated heterocycles. The summed E-state index contributed by atoms with van der Waals surface area (Å²) >= 11 is 6.17. The second-order valence-electron chi connectivity index (χ2n) is 9.98. The zero-order chi connectivity index (χ0) is 27.6. The maximum absolute atomic E-state index is 16.5. The summed E-state index contributed by atoms with van der Waals surface area (Å²) in [7, 11) is 1.34. The molecule has 2 fully saturated rings. The largest absolute Gasteiger partial charge is 0.469 e. The number of alkyl halides is 1. The minimum atomic E-state index is -2.70. The van der Waals surface area contributed by atoms with Crippen molar-refractivity contribution in [3.63, 3.8) is 0 Å². The van der Waals surface area contributed by atoms with Gasteiger partial charge in [-0.15, -0.1) is 0 Å². The lowest BCUT2D eigenvalue weighted by molar-refractivity contribution is -0.252. The fourth-order valence-electron chi connectivity index (χ4n) is 5.28. The Morgan fingerprint density at radius 2 is 1.87 bits per heavy atom. The van der Waals surface area contributed by atoms with E-state index in [-0.39, 0.29) is 34.6 Å². The highest BCUT2D eigenvalue weighted by atomic mass is 35.5. The van der Waals surface area contributed by atoms with Crippen molar-refractivity contribution >= 4 is 46.2 Å². The van der Waals surface area contributed by atoms with Gasteiger partial charge >= 0.3 is 11.9 Å².